The molecular formula is C32H47N3. The lowest BCUT2D eigenvalue weighted by Gasteiger charge is -2.26. The van der Waals surface area contributed by atoms with Gasteiger partial charge in [0.05, 0.1) is 6.67 Å². The number of aryl methyl sites for hydroxylation is 1. The molecule has 0 saturated carbocycles. The summed E-state index contributed by atoms with van der Waals surface area (Å²) in [6, 6.07) is 27.8. The molecule has 3 nitrogen and oxygen atoms in total. The quantitative estimate of drug-likeness (QED) is 0.206. The van der Waals surface area contributed by atoms with Crippen LogP contribution in [0.3, 0.4) is 0 Å². The molecule has 0 amide bonds. The van der Waals surface area contributed by atoms with E-state index in [4.69, 9.17) is 0 Å². The van der Waals surface area contributed by atoms with Gasteiger partial charge in [-0.05, 0) is 60.0 Å². The van der Waals surface area contributed by atoms with E-state index in [0.29, 0.717) is 11.8 Å². The molecule has 3 heteroatoms. The first kappa shape index (κ1) is 28.5. The van der Waals surface area contributed by atoms with E-state index in [1.54, 1.807) is 0 Å². The maximum atomic E-state index is 3.78. The summed E-state index contributed by atoms with van der Waals surface area (Å²) in [5.74, 6) is 1.05. The minimum atomic E-state index is 0.526. The summed E-state index contributed by atoms with van der Waals surface area (Å²) in [5.41, 5.74) is 6.90. The van der Waals surface area contributed by atoms with Crippen LogP contribution in [0.5, 0.6) is 0 Å². The van der Waals surface area contributed by atoms with Crippen molar-refractivity contribution in [3.63, 3.8) is 0 Å². The Morgan fingerprint density at radius 2 is 1.26 bits per heavy atom. The molecule has 0 aliphatic rings. The van der Waals surface area contributed by atoms with Crippen LogP contribution in [0.1, 0.15) is 76.5 Å². The molecule has 3 aromatic carbocycles. The lowest BCUT2D eigenvalue weighted by molar-refractivity contribution is 0.653. The molecule has 0 fully saturated rings. The second-order valence-corrected chi connectivity index (χ2v) is 9.60. The zero-order valence-electron chi connectivity index (χ0n) is 22.9. The van der Waals surface area contributed by atoms with Gasteiger partial charge in [-0.25, -0.2) is 0 Å². The summed E-state index contributed by atoms with van der Waals surface area (Å²) < 4.78 is 0. The van der Waals surface area contributed by atoms with Crippen molar-refractivity contribution in [2.24, 2.45) is 0 Å². The second-order valence-electron chi connectivity index (χ2n) is 9.60. The Kier molecular flexibility index (Phi) is 13.0. The monoisotopic (exact) mass is 473 g/mol. The molecule has 0 atom stereocenters. The number of anilines is 2. The van der Waals surface area contributed by atoms with Crippen LogP contribution in [0, 0.1) is 0 Å². The summed E-state index contributed by atoms with van der Waals surface area (Å²) in [4.78, 5) is 2.45. The topological polar surface area (TPSA) is 27.3 Å². The van der Waals surface area contributed by atoms with Crippen molar-refractivity contribution in [2.75, 3.05) is 36.5 Å². The second kappa shape index (κ2) is 16.0. The Morgan fingerprint density at radius 3 is 1.71 bits per heavy atom. The summed E-state index contributed by atoms with van der Waals surface area (Å²) in [6.45, 7) is 17.4. The summed E-state index contributed by atoms with van der Waals surface area (Å²) in [6.07, 6.45) is 2.19. The van der Waals surface area contributed by atoms with Gasteiger partial charge in [0.1, 0.15) is 0 Å². The number of hydrogen-bond donors (Lipinski definition) is 2. The molecule has 0 aromatic heterocycles. The Morgan fingerprint density at radius 1 is 0.714 bits per heavy atom. The highest BCUT2D eigenvalue weighted by Gasteiger charge is 2.13. The van der Waals surface area contributed by atoms with Crippen LogP contribution in [0.2, 0.25) is 0 Å². The highest BCUT2D eigenvalue weighted by atomic mass is 15.2. The molecule has 2 N–H and O–H groups in total. The molecule has 3 aromatic rings. The zero-order valence-corrected chi connectivity index (χ0v) is 22.9. The van der Waals surface area contributed by atoms with Crippen molar-refractivity contribution in [1.82, 2.24) is 5.32 Å². The van der Waals surface area contributed by atoms with E-state index < -0.39 is 0 Å². The standard InChI is InChI=1S/C26H41N3.C6H6/c1-7-22-13-15-23(16-14-22)29(19-27-8-2)18-10-17-28-26-24(20(3)4)11-9-12-25(26)21(5)6;1-2-4-6-5-3-1/h9,11-16,20-21,27-28H,7-8,10,17-19H2,1-6H3;1-6H. The van der Waals surface area contributed by atoms with Crippen LogP contribution in [-0.4, -0.2) is 26.3 Å². The normalized spacial score (nSPS) is 10.7. The van der Waals surface area contributed by atoms with Crippen LogP contribution in [-0.2, 0) is 6.42 Å². The minimum Gasteiger partial charge on any atom is -0.385 e. The highest BCUT2D eigenvalue weighted by Crippen LogP contribution is 2.32. The number of benzene rings is 3. The first-order chi connectivity index (χ1) is 17.0. The van der Waals surface area contributed by atoms with Crippen LogP contribution >= 0.6 is 0 Å². The highest BCUT2D eigenvalue weighted by molar-refractivity contribution is 5.60. The van der Waals surface area contributed by atoms with Gasteiger partial charge in [0.25, 0.3) is 0 Å². The number of nitrogens with zero attached hydrogens (tertiary/aromatic N) is 1. The molecule has 3 rings (SSSR count). The third-order valence-electron chi connectivity index (χ3n) is 6.21. The van der Waals surface area contributed by atoms with E-state index in [0.717, 1.165) is 39.1 Å². The van der Waals surface area contributed by atoms with Crippen LogP contribution in [0.25, 0.3) is 0 Å². The molecule has 0 bridgehead atoms. The molecule has 0 aliphatic carbocycles. The molecule has 0 heterocycles. The van der Waals surface area contributed by atoms with Crippen molar-refractivity contribution in [3.8, 4) is 0 Å². The molecule has 0 spiro atoms. The summed E-state index contributed by atoms with van der Waals surface area (Å²) in [7, 11) is 0. The van der Waals surface area contributed by atoms with Gasteiger partial charge in [-0.2, -0.15) is 0 Å². The van der Waals surface area contributed by atoms with E-state index in [-0.39, 0.29) is 0 Å². The van der Waals surface area contributed by atoms with E-state index in [1.165, 1.54) is 28.1 Å². The Hall–Kier alpha value is -2.78. The van der Waals surface area contributed by atoms with E-state index in [9.17, 15) is 0 Å². The first-order valence-electron chi connectivity index (χ1n) is 13.4. The van der Waals surface area contributed by atoms with Gasteiger partial charge in [0.2, 0.25) is 0 Å². The average molecular weight is 474 g/mol. The molecule has 0 radical (unpaired) electrons. The fraction of sp³-hybridized carbons (Fsp3) is 0.438. The lowest BCUT2D eigenvalue weighted by Crippen LogP contribution is -2.35. The van der Waals surface area contributed by atoms with E-state index in [2.05, 4.69) is 99.5 Å². The number of rotatable bonds is 12. The van der Waals surface area contributed by atoms with Gasteiger partial charge in [-0.1, -0.05) is 108 Å². The van der Waals surface area contributed by atoms with Crippen LogP contribution in [0.15, 0.2) is 78.9 Å². The maximum absolute atomic E-state index is 3.78. The van der Waals surface area contributed by atoms with Crippen LogP contribution in [0.4, 0.5) is 11.4 Å². The largest absolute Gasteiger partial charge is 0.385 e. The summed E-state index contributed by atoms with van der Waals surface area (Å²) >= 11 is 0. The zero-order chi connectivity index (χ0) is 25.5. The van der Waals surface area contributed by atoms with E-state index in [1.807, 2.05) is 36.4 Å². The number of para-hydroxylation sites is 1. The lowest BCUT2D eigenvalue weighted by atomic mass is 9.92. The molecule has 0 unspecified atom stereocenters. The number of hydrogen-bond acceptors (Lipinski definition) is 3. The molecular weight excluding hydrogens is 426 g/mol. The predicted octanol–water partition coefficient (Wildman–Crippen LogP) is 8.06. The third kappa shape index (κ3) is 9.78. The maximum Gasteiger partial charge on any atom is 0.0681 e. The SMILES string of the molecule is CCNCN(CCCNc1c(C(C)C)cccc1C(C)C)c1ccc(CC)cc1.c1ccccc1. The van der Waals surface area contributed by atoms with E-state index >= 15 is 0 Å². The van der Waals surface area contributed by atoms with Crippen molar-refractivity contribution in [2.45, 2.75) is 66.2 Å². The third-order valence-corrected chi connectivity index (χ3v) is 6.21. The van der Waals surface area contributed by atoms with Gasteiger partial charge in [-0.15, -0.1) is 0 Å². The van der Waals surface area contributed by atoms with Crippen molar-refractivity contribution in [1.29, 1.82) is 0 Å². The van der Waals surface area contributed by atoms with Gasteiger partial charge in [-0.3, -0.25) is 0 Å². The minimum absolute atomic E-state index is 0.526. The van der Waals surface area contributed by atoms with Gasteiger partial charge in [0.15, 0.2) is 0 Å². The van der Waals surface area contributed by atoms with Gasteiger partial charge >= 0.3 is 0 Å². The molecule has 190 valence electrons. The Bertz CT molecular complexity index is 880. The Balaban J connectivity index is 0.000000625. The van der Waals surface area contributed by atoms with Gasteiger partial charge < -0.3 is 15.5 Å². The first-order valence-corrected chi connectivity index (χ1v) is 13.4. The predicted molar refractivity (Wildman–Crippen MR) is 156 cm³/mol. The molecule has 35 heavy (non-hydrogen) atoms. The number of nitrogens with one attached hydrogen (secondary N) is 2. The van der Waals surface area contributed by atoms with Crippen molar-refractivity contribution < 1.29 is 0 Å². The summed E-state index contributed by atoms with van der Waals surface area (Å²) in [5, 5.41) is 7.27. The molecule has 0 aliphatic heterocycles. The molecule has 0 saturated heterocycles. The van der Waals surface area contributed by atoms with Crippen LogP contribution < -0.4 is 15.5 Å². The average Bonchev–Trinajstić information content (AvgIpc) is 2.89. The smallest absolute Gasteiger partial charge is 0.0681 e. The fourth-order valence-corrected chi connectivity index (χ4v) is 4.11. The Labute approximate surface area is 215 Å². The fourth-order valence-electron chi connectivity index (χ4n) is 4.11. The van der Waals surface area contributed by atoms with Crippen molar-refractivity contribution >= 4 is 11.4 Å². The van der Waals surface area contributed by atoms with Crippen molar-refractivity contribution in [3.05, 3.63) is 95.6 Å². The van der Waals surface area contributed by atoms with Gasteiger partial charge in [0, 0.05) is 24.5 Å².